The molecular weight excluding hydrogens is 277 g/mol. The van der Waals surface area contributed by atoms with Crippen LogP contribution in [-0.4, -0.2) is 25.3 Å². The number of benzene rings is 1. The van der Waals surface area contributed by atoms with E-state index in [1.165, 1.54) is 0 Å². The fourth-order valence-electron chi connectivity index (χ4n) is 0.950. The van der Waals surface area contributed by atoms with Crippen molar-refractivity contribution in [2.75, 3.05) is 14.1 Å². The molecule has 0 aliphatic heterocycles. The summed E-state index contributed by atoms with van der Waals surface area (Å²) >= 11 is 9.21. The van der Waals surface area contributed by atoms with Gasteiger partial charge in [0.2, 0.25) is 0 Å². The summed E-state index contributed by atoms with van der Waals surface area (Å²) in [4.78, 5) is 5.95. The van der Waals surface area contributed by atoms with Gasteiger partial charge in [0, 0.05) is 18.6 Å². The quantitative estimate of drug-likeness (QED) is 0.619. The average molecular weight is 287 g/mol. The lowest BCUT2D eigenvalue weighted by molar-refractivity contribution is 0.643. The van der Waals surface area contributed by atoms with Gasteiger partial charge in [-0.15, -0.1) is 0 Å². The first-order valence-electron chi connectivity index (χ1n) is 4.14. The van der Waals surface area contributed by atoms with Crippen LogP contribution in [0, 0.1) is 11.3 Å². The van der Waals surface area contributed by atoms with Gasteiger partial charge < -0.3 is 4.90 Å². The first kappa shape index (κ1) is 12.0. The van der Waals surface area contributed by atoms with Gasteiger partial charge in [0.15, 0.2) is 0 Å². The summed E-state index contributed by atoms with van der Waals surface area (Å²) in [6.07, 6.45) is 1.62. The Bertz CT molecular complexity index is 435. The van der Waals surface area contributed by atoms with E-state index in [4.69, 9.17) is 16.9 Å². The minimum Gasteiger partial charge on any atom is -0.369 e. The summed E-state index contributed by atoms with van der Waals surface area (Å²) in [5.41, 5.74) is 0.948. The molecule has 0 N–H and O–H groups in total. The molecule has 1 aromatic rings. The second-order valence-corrected chi connectivity index (χ2v) is 4.42. The third kappa shape index (κ3) is 3.22. The SMILES string of the molecule is CN(C)C=Nc1cc(Br)cc(Cl)c1C#N. The molecule has 0 heterocycles. The molecule has 5 heteroatoms. The Kier molecular flexibility index (Phi) is 4.13. The highest BCUT2D eigenvalue weighted by molar-refractivity contribution is 9.10. The molecule has 0 aliphatic carbocycles. The largest absolute Gasteiger partial charge is 0.369 e. The Balaban J connectivity index is 3.22. The maximum Gasteiger partial charge on any atom is 0.103 e. The van der Waals surface area contributed by atoms with E-state index in [0.717, 1.165) is 4.47 Å². The van der Waals surface area contributed by atoms with Gasteiger partial charge in [0.1, 0.15) is 6.07 Å². The topological polar surface area (TPSA) is 39.4 Å². The van der Waals surface area contributed by atoms with Gasteiger partial charge in [-0.1, -0.05) is 27.5 Å². The molecule has 0 radical (unpaired) electrons. The van der Waals surface area contributed by atoms with Gasteiger partial charge >= 0.3 is 0 Å². The van der Waals surface area contributed by atoms with Crippen LogP contribution in [-0.2, 0) is 0 Å². The lowest BCUT2D eigenvalue weighted by Gasteiger charge is -2.05. The molecule has 78 valence electrons. The van der Waals surface area contributed by atoms with Crippen molar-refractivity contribution < 1.29 is 0 Å². The van der Waals surface area contributed by atoms with E-state index in [-0.39, 0.29) is 0 Å². The smallest absolute Gasteiger partial charge is 0.103 e. The van der Waals surface area contributed by atoms with Gasteiger partial charge in [-0.05, 0) is 12.1 Å². The Morgan fingerprint density at radius 1 is 1.53 bits per heavy atom. The normalized spacial score (nSPS) is 10.3. The average Bonchev–Trinajstić information content (AvgIpc) is 2.13. The van der Waals surface area contributed by atoms with Gasteiger partial charge in [0.05, 0.1) is 22.6 Å². The minimum atomic E-state index is 0.387. The van der Waals surface area contributed by atoms with Crippen LogP contribution in [0.1, 0.15) is 5.56 Å². The van der Waals surface area contributed by atoms with E-state index in [1.54, 1.807) is 23.4 Å². The van der Waals surface area contributed by atoms with Crippen molar-refractivity contribution in [2.45, 2.75) is 0 Å². The van der Waals surface area contributed by atoms with Crippen LogP contribution in [0.3, 0.4) is 0 Å². The molecule has 0 bridgehead atoms. The molecule has 0 saturated heterocycles. The van der Waals surface area contributed by atoms with Crippen LogP contribution in [0.2, 0.25) is 5.02 Å². The number of nitriles is 1. The van der Waals surface area contributed by atoms with Crippen molar-refractivity contribution in [1.29, 1.82) is 5.26 Å². The van der Waals surface area contributed by atoms with Crippen molar-refractivity contribution in [3.05, 3.63) is 27.2 Å². The van der Waals surface area contributed by atoms with E-state index in [1.807, 2.05) is 20.2 Å². The molecule has 0 unspecified atom stereocenters. The number of nitrogens with zero attached hydrogens (tertiary/aromatic N) is 3. The molecule has 1 rings (SSSR count). The van der Waals surface area contributed by atoms with Gasteiger partial charge in [-0.2, -0.15) is 5.26 Å². The zero-order valence-electron chi connectivity index (χ0n) is 8.33. The molecule has 3 nitrogen and oxygen atoms in total. The zero-order valence-corrected chi connectivity index (χ0v) is 10.7. The number of rotatable bonds is 2. The van der Waals surface area contributed by atoms with Crippen LogP contribution in [0.5, 0.6) is 0 Å². The molecule has 0 aromatic heterocycles. The summed E-state index contributed by atoms with van der Waals surface area (Å²) in [5, 5.41) is 9.32. The maximum absolute atomic E-state index is 8.92. The highest BCUT2D eigenvalue weighted by atomic mass is 79.9. The van der Waals surface area contributed by atoms with E-state index < -0.39 is 0 Å². The van der Waals surface area contributed by atoms with Crippen LogP contribution >= 0.6 is 27.5 Å². The first-order chi connectivity index (χ1) is 7.04. The number of hydrogen-bond acceptors (Lipinski definition) is 2. The molecule has 0 spiro atoms. The maximum atomic E-state index is 8.92. The highest BCUT2D eigenvalue weighted by Crippen LogP contribution is 2.30. The second kappa shape index (κ2) is 5.15. The van der Waals surface area contributed by atoms with E-state index in [2.05, 4.69) is 20.9 Å². The molecule has 1 aromatic carbocycles. The van der Waals surface area contributed by atoms with E-state index in [9.17, 15) is 0 Å². The van der Waals surface area contributed by atoms with Crippen LogP contribution in [0.4, 0.5) is 5.69 Å². The lowest BCUT2D eigenvalue weighted by atomic mass is 10.2. The number of hydrogen-bond donors (Lipinski definition) is 0. The van der Waals surface area contributed by atoms with Crippen LogP contribution < -0.4 is 0 Å². The van der Waals surface area contributed by atoms with Gasteiger partial charge in [0.25, 0.3) is 0 Å². The van der Waals surface area contributed by atoms with Crippen LogP contribution in [0.25, 0.3) is 0 Å². The predicted molar refractivity (Wildman–Crippen MR) is 65.7 cm³/mol. The standard InChI is InChI=1S/C10H9BrClN3/c1-15(2)6-14-10-4-7(11)3-9(12)8(10)5-13/h3-4,6H,1-2H3. The van der Waals surface area contributed by atoms with Crippen molar-refractivity contribution >= 4 is 39.6 Å². The first-order valence-corrected chi connectivity index (χ1v) is 5.31. The highest BCUT2D eigenvalue weighted by Gasteiger charge is 2.07. The Morgan fingerprint density at radius 2 is 2.20 bits per heavy atom. The molecule has 0 amide bonds. The fourth-order valence-corrected chi connectivity index (χ4v) is 1.78. The third-order valence-corrected chi connectivity index (χ3v) is 2.33. The van der Waals surface area contributed by atoms with Crippen LogP contribution in [0.15, 0.2) is 21.6 Å². The summed E-state index contributed by atoms with van der Waals surface area (Å²) in [7, 11) is 3.71. The van der Waals surface area contributed by atoms with Crippen molar-refractivity contribution in [3.63, 3.8) is 0 Å². The molecule has 0 atom stereocenters. The van der Waals surface area contributed by atoms with Crippen molar-refractivity contribution in [2.24, 2.45) is 4.99 Å². The summed E-state index contributed by atoms with van der Waals surface area (Å²) in [5.74, 6) is 0. The fraction of sp³-hybridized carbons (Fsp3) is 0.200. The minimum absolute atomic E-state index is 0.387. The monoisotopic (exact) mass is 285 g/mol. The number of halogens is 2. The third-order valence-electron chi connectivity index (χ3n) is 1.57. The summed E-state index contributed by atoms with van der Waals surface area (Å²) < 4.78 is 0.803. The second-order valence-electron chi connectivity index (χ2n) is 3.10. The van der Waals surface area contributed by atoms with Gasteiger partial charge in [-0.3, -0.25) is 0 Å². The molecular formula is C10H9BrClN3. The Labute approximate surface area is 102 Å². The van der Waals surface area contributed by atoms with E-state index in [0.29, 0.717) is 16.3 Å². The summed E-state index contributed by atoms with van der Waals surface area (Å²) in [6.45, 7) is 0. The van der Waals surface area contributed by atoms with Crippen molar-refractivity contribution in [3.8, 4) is 6.07 Å². The van der Waals surface area contributed by atoms with Gasteiger partial charge in [-0.25, -0.2) is 4.99 Å². The lowest BCUT2D eigenvalue weighted by Crippen LogP contribution is -2.07. The molecule has 0 aliphatic rings. The molecule has 0 saturated carbocycles. The molecule has 0 fully saturated rings. The van der Waals surface area contributed by atoms with E-state index >= 15 is 0 Å². The van der Waals surface area contributed by atoms with Crippen molar-refractivity contribution in [1.82, 2.24) is 4.90 Å². The molecule has 15 heavy (non-hydrogen) atoms. The Hall–Kier alpha value is -1.05. The predicted octanol–water partition coefficient (Wildman–Crippen LogP) is 3.20. The Morgan fingerprint density at radius 3 is 2.73 bits per heavy atom. The summed E-state index contributed by atoms with van der Waals surface area (Å²) in [6, 6.07) is 5.46. The number of aliphatic imine (C=N–C) groups is 1. The zero-order chi connectivity index (χ0) is 11.4.